The average molecular weight is 283 g/mol. The van der Waals surface area contributed by atoms with Gasteiger partial charge in [0.1, 0.15) is 11.9 Å². The van der Waals surface area contributed by atoms with Gasteiger partial charge in [-0.05, 0) is 43.0 Å². The van der Waals surface area contributed by atoms with Crippen LogP contribution in [0, 0.1) is 11.7 Å². The summed E-state index contributed by atoms with van der Waals surface area (Å²) >= 11 is 1.25. The molecular formula is C13H14FNO3S. The van der Waals surface area contributed by atoms with Gasteiger partial charge in [0.25, 0.3) is 0 Å². The van der Waals surface area contributed by atoms with Crippen LogP contribution < -0.4 is 5.32 Å². The zero-order valence-electron chi connectivity index (χ0n) is 10.1. The second-order valence-corrected chi connectivity index (χ2v) is 5.51. The molecule has 1 unspecified atom stereocenters. The van der Waals surface area contributed by atoms with Gasteiger partial charge in [0, 0.05) is 4.90 Å². The molecule has 0 radical (unpaired) electrons. The second-order valence-electron chi connectivity index (χ2n) is 4.46. The summed E-state index contributed by atoms with van der Waals surface area (Å²) in [5, 5.41) is 11.5. The first-order valence-electron chi connectivity index (χ1n) is 5.97. The van der Waals surface area contributed by atoms with Gasteiger partial charge in [0.2, 0.25) is 5.91 Å². The molecule has 1 aromatic rings. The number of hydrogen-bond donors (Lipinski definition) is 2. The van der Waals surface area contributed by atoms with Crippen LogP contribution in [0.3, 0.4) is 0 Å². The smallest absolute Gasteiger partial charge is 0.326 e. The molecule has 19 heavy (non-hydrogen) atoms. The number of carbonyl (C=O) groups is 2. The summed E-state index contributed by atoms with van der Waals surface area (Å²) < 4.78 is 12.7. The van der Waals surface area contributed by atoms with Gasteiger partial charge in [-0.15, -0.1) is 11.8 Å². The first-order chi connectivity index (χ1) is 9.06. The Morgan fingerprint density at radius 3 is 2.53 bits per heavy atom. The normalized spacial score (nSPS) is 15.8. The van der Waals surface area contributed by atoms with E-state index < -0.39 is 12.0 Å². The zero-order valence-corrected chi connectivity index (χ0v) is 11.0. The Kier molecular flexibility index (Phi) is 4.42. The van der Waals surface area contributed by atoms with E-state index in [0.29, 0.717) is 0 Å². The maximum Gasteiger partial charge on any atom is 0.326 e. The molecule has 2 N–H and O–H groups in total. The van der Waals surface area contributed by atoms with Crippen molar-refractivity contribution in [2.45, 2.75) is 23.8 Å². The molecule has 1 aliphatic rings. The average Bonchev–Trinajstić information content (AvgIpc) is 3.19. The lowest BCUT2D eigenvalue weighted by molar-refractivity contribution is -0.142. The fourth-order valence-electron chi connectivity index (χ4n) is 1.71. The third-order valence-electron chi connectivity index (χ3n) is 2.86. The van der Waals surface area contributed by atoms with E-state index in [-0.39, 0.29) is 23.4 Å². The molecule has 1 aliphatic carbocycles. The highest BCUT2D eigenvalue weighted by atomic mass is 32.2. The van der Waals surface area contributed by atoms with Gasteiger partial charge in [-0.3, -0.25) is 4.79 Å². The number of carboxylic acids is 1. The Hall–Kier alpha value is -1.56. The van der Waals surface area contributed by atoms with E-state index in [1.807, 2.05) is 0 Å². The van der Waals surface area contributed by atoms with Crippen LogP contribution in [0.5, 0.6) is 0 Å². The summed E-state index contributed by atoms with van der Waals surface area (Å²) in [5.74, 6) is -1.43. The lowest BCUT2D eigenvalue weighted by Gasteiger charge is -2.13. The van der Waals surface area contributed by atoms with Crippen molar-refractivity contribution in [2.75, 3.05) is 5.75 Å². The van der Waals surface area contributed by atoms with Crippen LogP contribution in [0.1, 0.15) is 12.8 Å². The predicted molar refractivity (Wildman–Crippen MR) is 69.4 cm³/mol. The Morgan fingerprint density at radius 2 is 2.00 bits per heavy atom. The fraction of sp³-hybridized carbons (Fsp3) is 0.385. The molecule has 1 aromatic carbocycles. The van der Waals surface area contributed by atoms with E-state index in [0.717, 1.165) is 17.7 Å². The van der Waals surface area contributed by atoms with Crippen molar-refractivity contribution in [3.05, 3.63) is 30.1 Å². The molecule has 4 nitrogen and oxygen atoms in total. The highest BCUT2D eigenvalue weighted by molar-refractivity contribution is 8.00. The highest BCUT2D eigenvalue weighted by Gasteiger charge is 2.37. The minimum Gasteiger partial charge on any atom is -0.480 e. The van der Waals surface area contributed by atoms with Gasteiger partial charge in [-0.1, -0.05) is 0 Å². The number of amides is 1. The van der Waals surface area contributed by atoms with Crippen molar-refractivity contribution in [3.63, 3.8) is 0 Å². The van der Waals surface area contributed by atoms with Crippen LogP contribution in [0.15, 0.2) is 29.2 Å². The quantitative estimate of drug-likeness (QED) is 0.783. The summed E-state index contributed by atoms with van der Waals surface area (Å²) in [6, 6.07) is 5.04. The van der Waals surface area contributed by atoms with E-state index in [4.69, 9.17) is 5.11 Å². The molecule has 1 fully saturated rings. The molecule has 0 aliphatic heterocycles. The van der Waals surface area contributed by atoms with E-state index >= 15 is 0 Å². The topological polar surface area (TPSA) is 66.4 Å². The van der Waals surface area contributed by atoms with Crippen molar-refractivity contribution in [1.82, 2.24) is 5.32 Å². The maximum absolute atomic E-state index is 12.7. The number of thioether (sulfide) groups is 1. The summed E-state index contributed by atoms with van der Waals surface area (Å²) in [4.78, 5) is 23.4. The third-order valence-corrected chi connectivity index (χ3v) is 3.87. The van der Waals surface area contributed by atoms with Gasteiger partial charge in [0.15, 0.2) is 0 Å². The Morgan fingerprint density at radius 1 is 1.37 bits per heavy atom. The summed E-state index contributed by atoms with van der Waals surface area (Å²) in [7, 11) is 0. The van der Waals surface area contributed by atoms with E-state index in [1.54, 1.807) is 12.1 Å². The molecule has 6 heteroatoms. The van der Waals surface area contributed by atoms with E-state index in [2.05, 4.69) is 5.32 Å². The highest BCUT2D eigenvalue weighted by Crippen LogP contribution is 2.32. The lowest BCUT2D eigenvalue weighted by atomic mass is 10.2. The van der Waals surface area contributed by atoms with Crippen LogP contribution in [0.2, 0.25) is 0 Å². The number of rotatable bonds is 6. The fourth-order valence-corrected chi connectivity index (χ4v) is 2.42. The molecule has 0 aromatic heterocycles. The summed E-state index contributed by atoms with van der Waals surface area (Å²) in [6.07, 6.45) is 1.70. The molecule has 0 spiro atoms. The molecule has 0 saturated heterocycles. The zero-order chi connectivity index (χ0) is 13.8. The van der Waals surface area contributed by atoms with E-state index in [1.165, 1.54) is 23.9 Å². The molecule has 1 amide bonds. The Labute approximate surface area is 114 Å². The van der Waals surface area contributed by atoms with E-state index in [9.17, 15) is 14.0 Å². The molecular weight excluding hydrogens is 269 g/mol. The van der Waals surface area contributed by atoms with Crippen molar-refractivity contribution in [2.24, 2.45) is 5.92 Å². The number of nitrogens with one attached hydrogen (secondary N) is 1. The van der Waals surface area contributed by atoms with Crippen LogP contribution in [0.25, 0.3) is 0 Å². The first-order valence-corrected chi connectivity index (χ1v) is 6.95. The maximum atomic E-state index is 12.7. The molecule has 2 rings (SSSR count). The van der Waals surface area contributed by atoms with Gasteiger partial charge >= 0.3 is 5.97 Å². The number of halogens is 1. The monoisotopic (exact) mass is 283 g/mol. The number of carbonyl (C=O) groups excluding carboxylic acids is 1. The lowest BCUT2D eigenvalue weighted by Crippen LogP contribution is -2.43. The SMILES string of the molecule is O=C(CSc1ccc(F)cc1)NC(C(=O)O)C1CC1. The number of carboxylic acid groups (broad SMARTS) is 1. The predicted octanol–water partition coefficient (Wildman–Crippen LogP) is 1.90. The number of hydrogen-bond acceptors (Lipinski definition) is 3. The van der Waals surface area contributed by atoms with Crippen LogP contribution in [-0.4, -0.2) is 28.8 Å². The number of aliphatic carboxylic acids is 1. The van der Waals surface area contributed by atoms with Crippen molar-refractivity contribution >= 4 is 23.6 Å². The summed E-state index contributed by atoms with van der Waals surface area (Å²) in [5.41, 5.74) is 0. The second kappa shape index (κ2) is 6.06. The van der Waals surface area contributed by atoms with Crippen LogP contribution in [-0.2, 0) is 9.59 Å². The standard InChI is InChI=1S/C13H14FNO3S/c14-9-3-5-10(6-4-9)19-7-11(16)15-12(13(17)18)8-1-2-8/h3-6,8,12H,1-2,7H2,(H,15,16)(H,17,18). The van der Waals surface area contributed by atoms with Crippen molar-refractivity contribution in [3.8, 4) is 0 Å². The van der Waals surface area contributed by atoms with Gasteiger partial charge < -0.3 is 10.4 Å². The molecule has 1 saturated carbocycles. The molecule has 102 valence electrons. The van der Waals surface area contributed by atoms with Crippen molar-refractivity contribution < 1.29 is 19.1 Å². The van der Waals surface area contributed by atoms with Crippen LogP contribution in [0.4, 0.5) is 4.39 Å². The minimum atomic E-state index is -0.984. The minimum absolute atomic E-state index is 0.0669. The van der Waals surface area contributed by atoms with Crippen LogP contribution >= 0.6 is 11.8 Å². The third kappa shape index (κ3) is 4.24. The van der Waals surface area contributed by atoms with Gasteiger partial charge in [-0.25, -0.2) is 9.18 Å². The number of benzene rings is 1. The first kappa shape index (κ1) is 13.9. The Balaban J connectivity index is 1.80. The molecule has 1 atom stereocenters. The van der Waals surface area contributed by atoms with Gasteiger partial charge in [0.05, 0.1) is 5.75 Å². The van der Waals surface area contributed by atoms with Gasteiger partial charge in [-0.2, -0.15) is 0 Å². The van der Waals surface area contributed by atoms with Crippen molar-refractivity contribution in [1.29, 1.82) is 0 Å². The largest absolute Gasteiger partial charge is 0.480 e. The Bertz CT molecular complexity index is 473. The molecule has 0 bridgehead atoms. The molecule has 0 heterocycles. The summed E-state index contributed by atoms with van der Waals surface area (Å²) in [6.45, 7) is 0.